The number of benzene rings is 2. The lowest BCUT2D eigenvalue weighted by Gasteiger charge is -2.11. The molecular weight excluding hydrogens is 339 g/mol. The Hall–Kier alpha value is -1.95. The molecule has 0 aliphatic carbocycles. The summed E-state index contributed by atoms with van der Waals surface area (Å²) >= 11 is 11.8. The van der Waals surface area contributed by atoms with Gasteiger partial charge in [-0.15, -0.1) is 0 Å². The van der Waals surface area contributed by atoms with Gasteiger partial charge >= 0.3 is 0 Å². The molecule has 0 saturated heterocycles. The van der Waals surface area contributed by atoms with Crippen LogP contribution in [0.4, 0.5) is 11.4 Å². The molecule has 3 N–H and O–H groups in total. The van der Waals surface area contributed by atoms with Crippen molar-refractivity contribution in [2.75, 3.05) is 31.4 Å². The van der Waals surface area contributed by atoms with E-state index in [-0.39, 0.29) is 5.91 Å². The number of carbonyl (C=O) groups is 1. The lowest BCUT2D eigenvalue weighted by Crippen LogP contribution is -2.13. The molecule has 0 spiro atoms. The van der Waals surface area contributed by atoms with E-state index >= 15 is 0 Å². The molecule has 122 valence electrons. The third-order valence-electron chi connectivity index (χ3n) is 2.99. The number of ether oxygens (including phenoxy) is 2. The van der Waals surface area contributed by atoms with Gasteiger partial charge in [0.2, 0.25) is 0 Å². The first-order chi connectivity index (χ1) is 11.0. The van der Waals surface area contributed by atoms with E-state index in [1.54, 1.807) is 43.5 Å². The number of hydrogen-bond acceptors (Lipinski definition) is 4. The summed E-state index contributed by atoms with van der Waals surface area (Å²) in [4.78, 5) is 12.2. The molecule has 0 radical (unpaired) electrons. The average molecular weight is 355 g/mol. The molecule has 0 unspecified atom stereocenters. The van der Waals surface area contributed by atoms with Crippen LogP contribution in [0.2, 0.25) is 10.0 Å². The predicted octanol–water partition coefficient (Wildman–Crippen LogP) is 3.85. The van der Waals surface area contributed by atoms with Gasteiger partial charge < -0.3 is 20.5 Å². The fourth-order valence-corrected chi connectivity index (χ4v) is 2.13. The second-order valence-electron chi connectivity index (χ2n) is 4.68. The normalized spacial score (nSPS) is 10.4. The molecule has 0 saturated carbocycles. The molecule has 0 atom stereocenters. The second-order valence-corrected chi connectivity index (χ2v) is 5.49. The van der Waals surface area contributed by atoms with Crippen LogP contribution in [0.5, 0.6) is 5.75 Å². The Morgan fingerprint density at radius 3 is 2.57 bits per heavy atom. The number of nitrogens with one attached hydrogen (secondary N) is 1. The zero-order valence-electron chi connectivity index (χ0n) is 12.4. The summed E-state index contributed by atoms with van der Waals surface area (Å²) in [6, 6.07) is 9.68. The van der Waals surface area contributed by atoms with Gasteiger partial charge in [0.05, 0.1) is 22.3 Å². The number of methoxy groups -OCH3 is 1. The van der Waals surface area contributed by atoms with Crippen LogP contribution in [-0.2, 0) is 4.74 Å². The predicted molar refractivity (Wildman–Crippen MR) is 92.6 cm³/mol. The van der Waals surface area contributed by atoms with Crippen molar-refractivity contribution < 1.29 is 14.3 Å². The molecule has 5 nitrogen and oxygen atoms in total. The van der Waals surface area contributed by atoms with Crippen molar-refractivity contribution in [2.24, 2.45) is 0 Å². The average Bonchev–Trinajstić information content (AvgIpc) is 2.52. The van der Waals surface area contributed by atoms with Gasteiger partial charge in [0.25, 0.3) is 5.91 Å². The van der Waals surface area contributed by atoms with Gasteiger partial charge in [-0.2, -0.15) is 0 Å². The third-order valence-corrected chi connectivity index (χ3v) is 3.73. The quantitative estimate of drug-likeness (QED) is 0.610. The smallest absolute Gasteiger partial charge is 0.255 e. The van der Waals surface area contributed by atoms with E-state index in [1.165, 1.54) is 0 Å². The van der Waals surface area contributed by atoms with Gasteiger partial charge in [-0.05, 0) is 36.4 Å². The van der Waals surface area contributed by atoms with Crippen LogP contribution >= 0.6 is 23.2 Å². The minimum absolute atomic E-state index is 0.307. The fraction of sp³-hybridized carbons (Fsp3) is 0.188. The lowest BCUT2D eigenvalue weighted by atomic mass is 10.1. The van der Waals surface area contributed by atoms with E-state index in [2.05, 4.69) is 5.32 Å². The number of anilines is 2. The topological polar surface area (TPSA) is 73.6 Å². The first-order valence-electron chi connectivity index (χ1n) is 6.79. The van der Waals surface area contributed by atoms with Gasteiger partial charge in [-0.1, -0.05) is 23.2 Å². The maximum absolute atomic E-state index is 12.2. The summed E-state index contributed by atoms with van der Waals surface area (Å²) in [7, 11) is 1.59. The standard InChI is InChI=1S/C16H16Cl2N2O3/c1-22-6-7-23-15-5-2-10(8-14(15)19)16(21)20-11-3-4-12(17)13(18)9-11/h2-5,8-9H,6-7,19H2,1H3,(H,20,21). The molecule has 7 heteroatoms. The van der Waals surface area contributed by atoms with Crippen LogP contribution < -0.4 is 15.8 Å². The summed E-state index contributed by atoms with van der Waals surface area (Å²) in [5.41, 5.74) is 7.23. The Morgan fingerprint density at radius 2 is 1.91 bits per heavy atom. The Morgan fingerprint density at radius 1 is 1.13 bits per heavy atom. The molecule has 0 aliphatic heterocycles. The molecule has 1 amide bonds. The highest BCUT2D eigenvalue weighted by Crippen LogP contribution is 2.26. The second kappa shape index (κ2) is 8.06. The van der Waals surface area contributed by atoms with Crippen LogP contribution in [0.25, 0.3) is 0 Å². The SMILES string of the molecule is COCCOc1ccc(C(=O)Nc2ccc(Cl)c(Cl)c2)cc1N. The molecule has 0 heterocycles. The van der Waals surface area contributed by atoms with Gasteiger partial charge in [0.1, 0.15) is 12.4 Å². The van der Waals surface area contributed by atoms with Crippen molar-refractivity contribution >= 4 is 40.5 Å². The Labute approximate surface area is 144 Å². The number of nitrogen functional groups attached to an aromatic ring is 1. The monoisotopic (exact) mass is 354 g/mol. The lowest BCUT2D eigenvalue weighted by molar-refractivity contribution is 0.102. The van der Waals surface area contributed by atoms with E-state index in [0.29, 0.717) is 45.9 Å². The van der Waals surface area contributed by atoms with Crippen molar-refractivity contribution in [3.8, 4) is 5.75 Å². The molecule has 0 bridgehead atoms. The maximum Gasteiger partial charge on any atom is 0.255 e. The molecule has 0 aliphatic rings. The maximum atomic E-state index is 12.2. The summed E-state index contributed by atoms with van der Waals surface area (Å²) in [6.07, 6.45) is 0. The largest absolute Gasteiger partial charge is 0.489 e. The first-order valence-corrected chi connectivity index (χ1v) is 7.54. The highest BCUT2D eigenvalue weighted by molar-refractivity contribution is 6.42. The minimum Gasteiger partial charge on any atom is -0.489 e. The van der Waals surface area contributed by atoms with Crippen LogP contribution in [0.1, 0.15) is 10.4 Å². The zero-order valence-corrected chi connectivity index (χ0v) is 13.9. The van der Waals surface area contributed by atoms with Crippen LogP contribution in [-0.4, -0.2) is 26.2 Å². The minimum atomic E-state index is -0.307. The van der Waals surface area contributed by atoms with Crippen molar-refractivity contribution in [1.29, 1.82) is 0 Å². The van der Waals surface area contributed by atoms with E-state index in [1.807, 2.05) is 0 Å². The van der Waals surface area contributed by atoms with E-state index in [9.17, 15) is 4.79 Å². The van der Waals surface area contributed by atoms with Crippen molar-refractivity contribution in [2.45, 2.75) is 0 Å². The van der Waals surface area contributed by atoms with Crippen molar-refractivity contribution in [3.63, 3.8) is 0 Å². The van der Waals surface area contributed by atoms with Crippen LogP contribution in [0.15, 0.2) is 36.4 Å². The molecule has 2 rings (SSSR count). The van der Waals surface area contributed by atoms with Crippen LogP contribution in [0, 0.1) is 0 Å². The molecule has 23 heavy (non-hydrogen) atoms. The van der Waals surface area contributed by atoms with Gasteiger partial charge in [0, 0.05) is 18.4 Å². The molecule has 0 aromatic heterocycles. The van der Waals surface area contributed by atoms with Crippen molar-refractivity contribution in [1.82, 2.24) is 0 Å². The molecule has 2 aromatic carbocycles. The summed E-state index contributed by atoms with van der Waals surface area (Å²) in [6.45, 7) is 0.842. The Bertz CT molecular complexity index is 708. The molecular formula is C16H16Cl2N2O3. The molecule has 2 aromatic rings. The zero-order chi connectivity index (χ0) is 16.8. The van der Waals surface area contributed by atoms with Gasteiger partial charge in [0.15, 0.2) is 0 Å². The van der Waals surface area contributed by atoms with Gasteiger partial charge in [-0.25, -0.2) is 0 Å². The van der Waals surface area contributed by atoms with Crippen LogP contribution in [0.3, 0.4) is 0 Å². The van der Waals surface area contributed by atoms with E-state index in [0.717, 1.165) is 0 Å². The first kappa shape index (κ1) is 17.4. The summed E-state index contributed by atoms with van der Waals surface area (Å²) in [5, 5.41) is 3.52. The number of nitrogens with two attached hydrogens (primary N) is 1. The number of halogens is 2. The number of amides is 1. The number of carbonyl (C=O) groups excluding carboxylic acids is 1. The highest BCUT2D eigenvalue weighted by Gasteiger charge is 2.10. The number of hydrogen-bond donors (Lipinski definition) is 2. The number of rotatable bonds is 6. The van der Waals surface area contributed by atoms with E-state index in [4.69, 9.17) is 38.4 Å². The van der Waals surface area contributed by atoms with E-state index < -0.39 is 0 Å². The van der Waals surface area contributed by atoms with Crippen molar-refractivity contribution in [3.05, 3.63) is 52.0 Å². The highest BCUT2D eigenvalue weighted by atomic mass is 35.5. The Balaban J connectivity index is 2.07. The summed E-state index contributed by atoms with van der Waals surface area (Å²) in [5.74, 6) is 0.201. The molecule has 0 fully saturated rings. The van der Waals surface area contributed by atoms with Gasteiger partial charge in [-0.3, -0.25) is 4.79 Å². The Kier molecular flexibility index (Phi) is 6.10. The third kappa shape index (κ3) is 4.76. The summed E-state index contributed by atoms with van der Waals surface area (Å²) < 4.78 is 10.3. The fourth-order valence-electron chi connectivity index (χ4n) is 1.83.